The average Bonchev–Trinajstić information content (AvgIpc) is 2.92. The number of nitrogens with one attached hydrogen (secondary N) is 3. The Morgan fingerprint density at radius 2 is 1.81 bits per heavy atom. The lowest BCUT2D eigenvalue weighted by atomic mass is 9.94. The largest absolute Gasteiger partial charge is 0.497 e. The number of rotatable bonds is 8. The fraction of sp³-hybridized carbons (Fsp3) is 0.346. The molecule has 4 rings (SSSR count). The summed E-state index contributed by atoms with van der Waals surface area (Å²) >= 11 is 5.37. The first-order valence-corrected chi connectivity index (χ1v) is 12.2. The molecular formula is C26H30N4O6S. The Labute approximate surface area is 220 Å². The van der Waals surface area contributed by atoms with Crippen molar-refractivity contribution in [3.63, 3.8) is 0 Å². The first-order valence-electron chi connectivity index (χ1n) is 11.8. The van der Waals surface area contributed by atoms with E-state index in [9.17, 15) is 9.59 Å². The second-order valence-corrected chi connectivity index (χ2v) is 8.85. The van der Waals surface area contributed by atoms with Gasteiger partial charge in [0, 0.05) is 24.5 Å². The molecule has 2 aromatic rings. The van der Waals surface area contributed by atoms with E-state index in [1.165, 1.54) is 7.11 Å². The lowest BCUT2D eigenvalue weighted by Crippen LogP contribution is -2.45. The molecule has 10 nitrogen and oxygen atoms in total. The molecule has 1 fully saturated rings. The third-order valence-electron chi connectivity index (χ3n) is 6.10. The summed E-state index contributed by atoms with van der Waals surface area (Å²) in [6, 6.07) is 11.9. The predicted molar refractivity (Wildman–Crippen MR) is 142 cm³/mol. The Morgan fingerprint density at radius 1 is 1.08 bits per heavy atom. The number of thiocarbonyl (C=S) groups is 1. The molecule has 1 saturated heterocycles. The number of hydrogen-bond acceptors (Lipinski definition) is 7. The Morgan fingerprint density at radius 3 is 2.49 bits per heavy atom. The summed E-state index contributed by atoms with van der Waals surface area (Å²) in [6.45, 7) is 3.83. The first-order chi connectivity index (χ1) is 17.9. The monoisotopic (exact) mass is 526 g/mol. The van der Waals surface area contributed by atoms with Crippen LogP contribution in [0.2, 0.25) is 0 Å². The number of carbonyl (C=O) groups is 2. The van der Waals surface area contributed by atoms with E-state index < -0.39 is 6.04 Å². The predicted octanol–water partition coefficient (Wildman–Crippen LogP) is 2.37. The molecule has 37 heavy (non-hydrogen) atoms. The number of nitrogens with zero attached hydrogens (tertiary/aromatic N) is 1. The number of ether oxygens (including phenoxy) is 4. The number of anilines is 1. The minimum Gasteiger partial charge on any atom is -0.497 e. The van der Waals surface area contributed by atoms with Crippen LogP contribution in [0.1, 0.15) is 18.5 Å². The fourth-order valence-electron chi connectivity index (χ4n) is 4.14. The van der Waals surface area contributed by atoms with Crippen molar-refractivity contribution in [2.45, 2.75) is 13.0 Å². The van der Waals surface area contributed by atoms with E-state index in [1.54, 1.807) is 55.3 Å². The smallest absolute Gasteiger partial charge is 0.260 e. The van der Waals surface area contributed by atoms with E-state index in [-0.39, 0.29) is 18.4 Å². The zero-order chi connectivity index (χ0) is 26.4. The average molecular weight is 527 g/mol. The van der Waals surface area contributed by atoms with Gasteiger partial charge in [0.25, 0.3) is 11.8 Å². The molecule has 0 saturated carbocycles. The first kappa shape index (κ1) is 26.2. The Bertz CT molecular complexity index is 1190. The molecule has 0 bridgehead atoms. The van der Waals surface area contributed by atoms with Crippen molar-refractivity contribution in [3.05, 3.63) is 59.3 Å². The van der Waals surface area contributed by atoms with Gasteiger partial charge in [-0.15, -0.1) is 0 Å². The summed E-state index contributed by atoms with van der Waals surface area (Å²) < 4.78 is 21.8. The summed E-state index contributed by atoms with van der Waals surface area (Å²) in [6.07, 6.45) is 0. The van der Waals surface area contributed by atoms with Crippen LogP contribution >= 0.6 is 12.2 Å². The SMILES string of the molecule is COc1ccc(NC(=O)C2=C(C)NC(=S)NC2c2ccc(OCC(=O)N3CCOCC3)c(OC)c2)cc1. The van der Waals surface area contributed by atoms with E-state index in [1.807, 2.05) is 6.07 Å². The highest BCUT2D eigenvalue weighted by Crippen LogP contribution is 2.34. The maximum atomic E-state index is 13.3. The molecule has 3 N–H and O–H groups in total. The van der Waals surface area contributed by atoms with Crippen LogP contribution in [0, 0.1) is 0 Å². The summed E-state index contributed by atoms with van der Waals surface area (Å²) in [5.74, 6) is 1.15. The Balaban J connectivity index is 1.52. The molecule has 2 aromatic carbocycles. The van der Waals surface area contributed by atoms with Crippen LogP contribution in [-0.2, 0) is 14.3 Å². The van der Waals surface area contributed by atoms with Crippen molar-refractivity contribution in [1.29, 1.82) is 0 Å². The van der Waals surface area contributed by atoms with Gasteiger partial charge in [-0.25, -0.2) is 0 Å². The van der Waals surface area contributed by atoms with Gasteiger partial charge >= 0.3 is 0 Å². The van der Waals surface area contributed by atoms with Gasteiger partial charge in [-0.3, -0.25) is 9.59 Å². The molecule has 0 aromatic heterocycles. The molecule has 1 atom stereocenters. The Hall–Kier alpha value is -3.83. The second-order valence-electron chi connectivity index (χ2n) is 8.44. The van der Waals surface area contributed by atoms with Crippen LogP contribution < -0.4 is 30.2 Å². The van der Waals surface area contributed by atoms with Crippen LogP contribution in [0.5, 0.6) is 17.2 Å². The highest BCUT2D eigenvalue weighted by Gasteiger charge is 2.31. The zero-order valence-electron chi connectivity index (χ0n) is 21.0. The standard InChI is InChI=1S/C26H30N4O6S/c1-16-23(25(32)28-18-5-7-19(33-2)8-6-18)24(29-26(37)27-16)17-4-9-20(21(14-17)34-3)36-15-22(31)30-10-12-35-13-11-30/h4-9,14,24H,10-13,15H2,1-3H3,(H,28,32)(H2,27,29,37). The van der Waals surface area contributed by atoms with Gasteiger partial charge in [0.2, 0.25) is 0 Å². The van der Waals surface area contributed by atoms with E-state index >= 15 is 0 Å². The number of allylic oxidation sites excluding steroid dienone is 1. The molecule has 0 spiro atoms. The lowest BCUT2D eigenvalue weighted by Gasteiger charge is -2.30. The van der Waals surface area contributed by atoms with E-state index in [4.69, 9.17) is 31.2 Å². The summed E-state index contributed by atoms with van der Waals surface area (Å²) in [4.78, 5) is 27.5. The van der Waals surface area contributed by atoms with Gasteiger partial charge in [-0.1, -0.05) is 6.07 Å². The van der Waals surface area contributed by atoms with Gasteiger partial charge in [0.15, 0.2) is 23.2 Å². The number of hydrogen-bond donors (Lipinski definition) is 3. The highest BCUT2D eigenvalue weighted by molar-refractivity contribution is 7.80. The number of methoxy groups -OCH3 is 2. The molecule has 0 aliphatic carbocycles. The number of carbonyl (C=O) groups excluding carboxylic acids is 2. The van der Waals surface area contributed by atoms with E-state index in [0.717, 1.165) is 5.56 Å². The molecule has 0 radical (unpaired) electrons. The third kappa shape index (κ3) is 6.30. The second kappa shape index (κ2) is 11.9. The van der Waals surface area contributed by atoms with Gasteiger partial charge in [0.05, 0.1) is 39.0 Å². The van der Waals surface area contributed by atoms with Crippen molar-refractivity contribution in [1.82, 2.24) is 15.5 Å². The van der Waals surface area contributed by atoms with Gasteiger partial charge in [-0.05, 0) is 61.1 Å². The van der Waals surface area contributed by atoms with Crippen LogP contribution in [0.3, 0.4) is 0 Å². The van der Waals surface area contributed by atoms with Crippen LogP contribution in [-0.4, -0.2) is 69.0 Å². The molecule has 2 amide bonds. The summed E-state index contributed by atoms with van der Waals surface area (Å²) in [7, 11) is 3.11. The molecule has 2 heterocycles. The number of benzene rings is 2. The normalized spacial score (nSPS) is 17.4. The molecule has 2 aliphatic rings. The molecule has 196 valence electrons. The van der Waals surface area contributed by atoms with Crippen molar-refractivity contribution < 1.29 is 28.5 Å². The number of amides is 2. The Kier molecular flexibility index (Phi) is 8.47. The topological polar surface area (TPSA) is 110 Å². The minimum atomic E-state index is -0.537. The fourth-order valence-corrected chi connectivity index (χ4v) is 4.42. The summed E-state index contributed by atoms with van der Waals surface area (Å²) in [5, 5.41) is 9.54. The van der Waals surface area contributed by atoms with Crippen molar-refractivity contribution in [2.75, 3.05) is 52.4 Å². The van der Waals surface area contributed by atoms with E-state index in [0.29, 0.717) is 65.6 Å². The summed E-state index contributed by atoms with van der Waals surface area (Å²) in [5.41, 5.74) is 2.48. The van der Waals surface area contributed by atoms with Crippen LogP contribution in [0.25, 0.3) is 0 Å². The maximum Gasteiger partial charge on any atom is 0.260 e. The number of morpholine rings is 1. The quantitative estimate of drug-likeness (QED) is 0.447. The van der Waals surface area contributed by atoms with Gasteiger partial charge < -0.3 is 39.8 Å². The van der Waals surface area contributed by atoms with Crippen molar-refractivity contribution >= 4 is 34.8 Å². The van der Waals surface area contributed by atoms with Crippen LogP contribution in [0.4, 0.5) is 5.69 Å². The lowest BCUT2D eigenvalue weighted by molar-refractivity contribution is -0.137. The van der Waals surface area contributed by atoms with Crippen LogP contribution in [0.15, 0.2) is 53.7 Å². The zero-order valence-corrected chi connectivity index (χ0v) is 21.8. The minimum absolute atomic E-state index is 0.111. The van der Waals surface area contributed by atoms with Crippen molar-refractivity contribution in [2.24, 2.45) is 0 Å². The molecule has 1 unspecified atom stereocenters. The third-order valence-corrected chi connectivity index (χ3v) is 6.32. The van der Waals surface area contributed by atoms with Gasteiger partial charge in [0.1, 0.15) is 5.75 Å². The molecular weight excluding hydrogens is 496 g/mol. The van der Waals surface area contributed by atoms with E-state index in [2.05, 4.69) is 16.0 Å². The highest BCUT2D eigenvalue weighted by atomic mass is 32.1. The maximum absolute atomic E-state index is 13.3. The van der Waals surface area contributed by atoms with Gasteiger partial charge in [-0.2, -0.15) is 0 Å². The molecule has 11 heteroatoms. The van der Waals surface area contributed by atoms with Crippen molar-refractivity contribution in [3.8, 4) is 17.2 Å². The molecule has 2 aliphatic heterocycles.